The van der Waals surface area contributed by atoms with E-state index in [0.717, 1.165) is 109 Å². The van der Waals surface area contributed by atoms with Gasteiger partial charge in [0.2, 0.25) is 0 Å². The molecular weight excluding hydrogens is 1550 g/mol. The third-order valence-electron chi connectivity index (χ3n) is 20.9. The molecule has 0 unspecified atom stereocenters. The zero-order valence-electron chi connectivity index (χ0n) is 66.9. The van der Waals surface area contributed by atoms with Crippen LogP contribution in [0.1, 0.15) is 117 Å². The molecule has 0 aliphatic heterocycles. The first-order chi connectivity index (χ1) is 56.7. The summed E-state index contributed by atoms with van der Waals surface area (Å²) in [5.41, 5.74) is 17.1. The predicted molar refractivity (Wildman–Crippen MR) is 445 cm³/mol. The molecule has 6 aliphatic carbocycles. The van der Waals surface area contributed by atoms with Crippen LogP contribution in [0.5, 0.6) is 69.0 Å². The van der Waals surface area contributed by atoms with Crippen LogP contribution in [0, 0.1) is 28.3 Å². The van der Waals surface area contributed by atoms with Crippen molar-refractivity contribution in [1.82, 2.24) is 21.1 Å². The van der Waals surface area contributed by atoms with Gasteiger partial charge in [-0.1, -0.05) is 114 Å². The molecule has 0 amide bonds. The molecule has 3 aromatic heterocycles. The van der Waals surface area contributed by atoms with E-state index in [9.17, 15) is 27.5 Å². The third-order valence-corrected chi connectivity index (χ3v) is 21.4. The summed E-state index contributed by atoms with van der Waals surface area (Å²) in [6.07, 6.45) is 19.5. The van der Waals surface area contributed by atoms with Crippen LogP contribution < -0.4 is 49.8 Å². The number of fused-ring (bicyclic) bond motifs is 6. The highest BCUT2D eigenvalue weighted by atomic mass is 32.2. The molecule has 11 aromatic rings. The molecule has 23 nitrogen and oxygen atoms in total. The second-order valence-electron chi connectivity index (χ2n) is 30.3. The maximum absolute atomic E-state index is 15.2. The highest BCUT2D eigenvalue weighted by Crippen LogP contribution is 2.52. The lowest BCUT2D eigenvalue weighted by Crippen LogP contribution is -2.29. The Kier molecular flexibility index (Phi) is 26.9. The second kappa shape index (κ2) is 37.4. The molecule has 7 N–H and O–H groups in total. The van der Waals surface area contributed by atoms with E-state index in [-0.39, 0.29) is 108 Å². The van der Waals surface area contributed by atoms with E-state index in [1.165, 1.54) is 13.2 Å². The zero-order chi connectivity index (χ0) is 83.5. The summed E-state index contributed by atoms with van der Waals surface area (Å²) in [4.78, 5) is 45.8. The summed E-state index contributed by atoms with van der Waals surface area (Å²) in [5, 5.41) is 18.8. The number of pyridine rings is 3. The van der Waals surface area contributed by atoms with Gasteiger partial charge >= 0.3 is 11.9 Å². The fourth-order valence-electron chi connectivity index (χ4n) is 13.8. The Morgan fingerprint density at radius 2 is 0.824 bits per heavy atom. The van der Waals surface area contributed by atoms with Crippen molar-refractivity contribution < 1.29 is 97.7 Å². The van der Waals surface area contributed by atoms with Gasteiger partial charge in [0, 0.05) is 80.5 Å². The number of allylic oxidation sites excluding steroid dienone is 3. The summed E-state index contributed by atoms with van der Waals surface area (Å²) >= 11 is 0. The Morgan fingerprint density at radius 3 is 1.18 bits per heavy atom. The van der Waals surface area contributed by atoms with Gasteiger partial charge in [-0.3, -0.25) is 33.5 Å². The number of nitrogens with zero attached hydrogens (tertiary/aromatic N) is 3. The van der Waals surface area contributed by atoms with Crippen LogP contribution in [0.4, 0.5) is 13.2 Å². The third kappa shape index (κ3) is 21.6. The highest BCUT2D eigenvalue weighted by Gasteiger charge is 2.47. The van der Waals surface area contributed by atoms with Gasteiger partial charge in [-0.25, -0.2) is 13.2 Å². The number of aromatic nitrogens is 3. The number of rotatable bonds is 26. The van der Waals surface area contributed by atoms with Crippen molar-refractivity contribution in [3.8, 4) is 69.0 Å². The van der Waals surface area contributed by atoms with Crippen LogP contribution in [0.15, 0.2) is 187 Å². The van der Waals surface area contributed by atoms with Crippen molar-refractivity contribution in [1.29, 1.82) is 0 Å². The van der Waals surface area contributed by atoms with E-state index in [1.54, 1.807) is 99.5 Å². The summed E-state index contributed by atoms with van der Waals surface area (Å²) in [6.45, 7) is 7.07. The lowest BCUT2D eigenvalue weighted by atomic mass is 10.0. The van der Waals surface area contributed by atoms with Crippen molar-refractivity contribution in [3.63, 3.8) is 0 Å². The van der Waals surface area contributed by atoms with E-state index < -0.39 is 10.1 Å². The van der Waals surface area contributed by atoms with Gasteiger partial charge in [0.05, 0.1) is 75.7 Å². The Bertz CT molecular complexity index is 5820. The fourth-order valence-corrected chi connectivity index (χ4v) is 14.3. The van der Waals surface area contributed by atoms with Crippen LogP contribution in [0.3, 0.4) is 0 Å². The molecule has 0 radical (unpaired) electrons. The van der Waals surface area contributed by atoms with Crippen LogP contribution >= 0.6 is 0 Å². The SMILES string of the molecule is COc1cc2c(Oc3ccc4c(c3F)C=C(C)C4)ccnc2cc1O.COc1cc2c(Oc3ccc4c(c3F)C=C(C)C4)ccnc2cc1OCC1(CC(=O)OCc2ccccc2)CC1.COc1cc2c(Oc3ccc4c(c3F)C=C(C)C4)ccnc2cc1OCC1(N)CC1.CS(=O)(=O)OCC1(CC(=O)OCc2ccccc2)CC1.N.O=CO. The number of halogens is 3. The minimum atomic E-state index is -3.46. The largest absolute Gasteiger partial charge is 0.504 e. The molecule has 0 saturated heterocycles. The van der Waals surface area contributed by atoms with Gasteiger partial charge in [-0.05, 0) is 161 Å². The number of hydrogen-bond donors (Lipinski definition) is 4. The molecular formula is C92H92F3N5O18S. The summed E-state index contributed by atoms with van der Waals surface area (Å²) in [5.74, 6) is 2.72. The summed E-state index contributed by atoms with van der Waals surface area (Å²) in [6, 6.07) is 45.1. The van der Waals surface area contributed by atoms with Crippen molar-refractivity contribution in [2.24, 2.45) is 16.6 Å². The molecule has 27 heteroatoms. The Labute approximate surface area is 686 Å². The summed E-state index contributed by atoms with van der Waals surface area (Å²) < 4.78 is 129. The average Bonchev–Trinajstić information content (AvgIpc) is 1.51. The predicted octanol–water partition coefficient (Wildman–Crippen LogP) is 19.0. The van der Waals surface area contributed by atoms with E-state index in [2.05, 4.69) is 15.0 Å². The smallest absolute Gasteiger partial charge is 0.306 e. The molecule has 0 bridgehead atoms. The number of carbonyl (C=O) groups excluding carboxylic acids is 2. The van der Waals surface area contributed by atoms with E-state index >= 15 is 8.78 Å². The highest BCUT2D eigenvalue weighted by molar-refractivity contribution is 7.86. The number of ether oxygens (including phenoxy) is 10. The second-order valence-corrected chi connectivity index (χ2v) is 32.0. The molecule has 0 atom stereocenters. The van der Waals surface area contributed by atoms with Crippen LogP contribution in [0.25, 0.3) is 50.9 Å². The molecule has 3 saturated carbocycles. The van der Waals surface area contributed by atoms with Gasteiger partial charge in [0.15, 0.2) is 69.2 Å². The molecule has 6 aliphatic rings. The number of aromatic hydroxyl groups is 1. The molecule has 0 spiro atoms. The quantitative estimate of drug-likeness (QED) is 0.0222. The number of carboxylic acid groups (broad SMARTS) is 1. The maximum atomic E-state index is 15.2. The molecule has 8 aromatic carbocycles. The number of hydrogen-bond acceptors (Lipinski definition) is 22. The van der Waals surface area contributed by atoms with E-state index in [0.29, 0.717) is 115 Å². The first-order valence-corrected chi connectivity index (χ1v) is 40.0. The van der Waals surface area contributed by atoms with Gasteiger partial charge in [0.1, 0.15) is 37.1 Å². The maximum Gasteiger partial charge on any atom is 0.306 e. The molecule has 119 heavy (non-hydrogen) atoms. The zero-order valence-corrected chi connectivity index (χ0v) is 67.7. The molecule has 620 valence electrons. The number of phenols is 1. The Balaban J connectivity index is 0.000000148. The fraction of sp³-hybridized carbons (Fsp3) is 0.283. The van der Waals surface area contributed by atoms with Crippen molar-refractivity contribution in [2.45, 2.75) is 110 Å². The Hall–Kier alpha value is -12.6. The Morgan fingerprint density at radius 1 is 0.471 bits per heavy atom. The minimum absolute atomic E-state index is 0. The molecule has 3 fully saturated rings. The first-order valence-electron chi connectivity index (χ1n) is 38.2. The van der Waals surface area contributed by atoms with Crippen LogP contribution in [-0.4, -0.2) is 105 Å². The van der Waals surface area contributed by atoms with Gasteiger partial charge < -0.3 is 69.5 Å². The van der Waals surface area contributed by atoms with Gasteiger partial charge in [-0.2, -0.15) is 8.42 Å². The molecule has 17 rings (SSSR count). The number of phenolic OH excluding ortho intramolecular Hbond substituents is 1. The van der Waals surface area contributed by atoms with Crippen molar-refractivity contribution in [2.75, 3.05) is 47.4 Å². The average molecular weight is 1640 g/mol. The number of esters is 2. The van der Waals surface area contributed by atoms with Crippen molar-refractivity contribution >= 4 is 79.5 Å². The van der Waals surface area contributed by atoms with Crippen LogP contribution in [-0.2, 0) is 70.6 Å². The lowest BCUT2D eigenvalue weighted by Gasteiger charge is -2.18. The number of carbonyl (C=O) groups is 3. The monoisotopic (exact) mass is 1640 g/mol. The minimum Gasteiger partial charge on any atom is -0.504 e. The van der Waals surface area contributed by atoms with E-state index in [1.807, 2.05) is 118 Å². The summed E-state index contributed by atoms with van der Waals surface area (Å²) in [7, 11) is 1.15. The standard InChI is InChI=1S/C33H30FNO5.C24H23FN2O3.C20H16FNO3.C14H18O5S.CH2O2.H3N/c1-21-14-23-8-9-28(32(34)24(23)15-21)40-27-10-13-35-26-17-30(29(37-2)16-25(26)27)39-20-33(11-12-33)18-31(36)38-19-22-6-4-3-5-7-22;1-14-9-15-3-4-20(23(25)16(15)10-14)30-19-5-8-27-18-12-22(21(28-2)11-17(18)19)29-13-24(26)6-7-24;1-11-7-12-3-4-18(20(21)13(12)8-11)25-17-5-6-22-15-10-16(23)19(24-2)9-14(15)17;1-20(16,17)19-11-14(7-8-14)9-13(15)18-10-12-5-3-2-4-6-12;2-1-3;/h3-10,13,15-17H,11-12,14,18-20H2,1-2H3;3-5,8,10-12H,6-7,9,13,26H2,1-2H3;3-6,8-10,23H,7H2,1-2H3;2-6H,7-11H2,1H3;1H,(H,2,3);1H3. The number of benzene rings is 8. The van der Waals surface area contributed by atoms with Gasteiger partial charge in [0.25, 0.3) is 16.6 Å². The normalized spacial score (nSPS) is 14.7. The van der Waals surface area contributed by atoms with Crippen LogP contribution in [0.2, 0.25) is 0 Å². The lowest BCUT2D eigenvalue weighted by molar-refractivity contribution is -0.147. The van der Waals surface area contributed by atoms with Crippen molar-refractivity contribution in [3.05, 3.63) is 249 Å². The number of nitrogens with two attached hydrogens (primary N) is 1. The van der Waals surface area contributed by atoms with Gasteiger partial charge in [-0.15, -0.1) is 0 Å². The molecule has 3 heterocycles. The number of methoxy groups -OCH3 is 3. The topological polar surface area (TPSA) is 327 Å². The van der Waals surface area contributed by atoms with E-state index in [4.69, 9.17) is 67.2 Å². The first kappa shape index (κ1) is 85.8.